The summed E-state index contributed by atoms with van der Waals surface area (Å²) in [5.41, 5.74) is 0.484. The third-order valence-electron chi connectivity index (χ3n) is 5.30. The maximum atomic E-state index is 12.3. The zero-order valence-electron chi connectivity index (χ0n) is 16.7. The van der Waals surface area contributed by atoms with Gasteiger partial charge in [-0.15, -0.1) is 0 Å². The van der Waals surface area contributed by atoms with Crippen LogP contribution in [0.2, 0.25) is 0 Å². The van der Waals surface area contributed by atoms with Gasteiger partial charge in [-0.05, 0) is 30.2 Å². The van der Waals surface area contributed by atoms with E-state index in [1.54, 1.807) is 0 Å². The average molecular weight is 377 g/mol. The SMILES string of the molecule is COc1ccc([N+](=O)[O-])cc1NC(=O)CCNC1CCCCC1C(C)(C)C. The fraction of sp³-hybridized carbons (Fsp3) is 0.650. The first-order valence-corrected chi connectivity index (χ1v) is 9.58. The number of anilines is 1. The summed E-state index contributed by atoms with van der Waals surface area (Å²) in [6, 6.07) is 4.59. The molecule has 150 valence electrons. The molecule has 0 spiro atoms. The summed E-state index contributed by atoms with van der Waals surface area (Å²) in [6.07, 6.45) is 5.16. The van der Waals surface area contributed by atoms with Gasteiger partial charge in [0.05, 0.1) is 17.7 Å². The number of non-ortho nitro benzene ring substituents is 1. The van der Waals surface area contributed by atoms with E-state index < -0.39 is 4.92 Å². The molecule has 1 aromatic carbocycles. The van der Waals surface area contributed by atoms with Gasteiger partial charge in [0.25, 0.3) is 5.69 Å². The van der Waals surface area contributed by atoms with Gasteiger partial charge in [-0.2, -0.15) is 0 Å². The number of hydrogen-bond acceptors (Lipinski definition) is 5. The van der Waals surface area contributed by atoms with E-state index in [-0.39, 0.29) is 17.0 Å². The van der Waals surface area contributed by atoms with E-state index in [4.69, 9.17) is 4.74 Å². The van der Waals surface area contributed by atoms with E-state index in [0.717, 1.165) is 6.42 Å². The number of methoxy groups -OCH3 is 1. The Kier molecular flexibility index (Phi) is 7.18. The number of rotatable bonds is 7. The highest BCUT2D eigenvalue weighted by atomic mass is 16.6. The molecular weight excluding hydrogens is 346 g/mol. The first kappa shape index (κ1) is 21.2. The molecule has 2 N–H and O–H groups in total. The van der Waals surface area contributed by atoms with Gasteiger partial charge in [-0.25, -0.2) is 0 Å². The number of carbonyl (C=O) groups is 1. The standard InChI is InChI=1S/C20H31N3O4/c1-20(2,3)15-7-5-6-8-16(15)21-12-11-19(24)22-17-13-14(23(25)26)9-10-18(17)27-4/h9-10,13,15-16,21H,5-8,11-12H2,1-4H3,(H,22,24). The lowest BCUT2D eigenvalue weighted by Crippen LogP contribution is -2.45. The Bertz CT molecular complexity index is 670. The Morgan fingerprint density at radius 3 is 2.63 bits per heavy atom. The fourth-order valence-electron chi connectivity index (χ4n) is 3.90. The smallest absolute Gasteiger partial charge is 0.271 e. The maximum absolute atomic E-state index is 12.3. The van der Waals surface area contributed by atoms with E-state index in [2.05, 4.69) is 31.4 Å². The Labute approximate surface area is 161 Å². The monoisotopic (exact) mass is 377 g/mol. The van der Waals surface area contributed by atoms with Crippen LogP contribution in [0.5, 0.6) is 5.75 Å². The van der Waals surface area contributed by atoms with Crippen LogP contribution < -0.4 is 15.4 Å². The van der Waals surface area contributed by atoms with Crippen LogP contribution in [0.15, 0.2) is 18.2 Å². The number of nitro groups is 1. The molecule has 7 heteroatoms. The molecule has 2 atom stereocenters. The fourth-order valence-corrected chi connectivity index (χ4v) is 3.90. The molecule has 0 aromatic heterocycles. The lowest BCUT2D eigenvalue weighted by molar-refractivity contribution is -0.384. The van der Waals surface area contributed by atoms with Crippen molar-refractivity contribution in [2.75, 3.05) is 19.0 Å². The molecule has 0 saturated heterocycles. The van der Waals surface area contributed by atoms with Crippen LogP contribution in [0.1, 0.15) is 52.9 Å². The molecule has 1 amide bonds. The quantitative estimate of drug-likeness (QED) is 0.550. The van der Waals surface area contributed by atoms with Gasteiger partial charge in [0.15, 0.2) is 0 Å². The molecule has 2 rings (SSSR count). The van der Waals surface area contributed by atoms with Crippen LogP contribution in [-0.4, -0.2) is 30.5 Å². The second kappa shape index (κ2) is 9.17. The number of nitro benzene ring substituents is 1. The van der Waals surface area contributed by atoms with E-state index in [1.165, 1.54) is 44.6 Å². The van der Waals surface area contributed by atoms with Crippen LogP contribution in [0.3, 0.4) is 0 Å². The Morgan fingerprint density at radius 2 is 2.00 bits per heavy atom. The summed E-state index contributed by atoms with van der Waals surface area (Å²) in [5.74, 6) is 0.817. The van der Waals surface area contributed by atoms with Crippen molar-refractivity contribution in [2.24, 2.45) is 11.3 Å². The molecule has 0 heterocycles. The van der Waals surface area contributed by atoms with Gasteiger partial charge in [0.1, 0.15) is 5.75 Å². The zero-order valence-corrected chi connectivity index (χ0v) is 16.7. The van der Waals surface area contributed by atoms with Crippen molar-refractivity contribution in [3.05, 3.63) is 28.3 Å². The number of hydrogen-bond donors (Lipinski definition) is 2. The first-order valence-electron chi connectivity index (χ1n) is 9.58. The highest BCUT2D eigenvalue weighted by Crippen LogP contribution is 2.38. The van der Waals surface area contributed by atoms with Gasteiger partial charge in [-0.1, -0.05) is 33.6 Å². The molecule has 27 heavy (non-hydrogen) atoms. The Morgan fingerprint density at radius 1 is 1.30 bits per heavy atom. The third kappa shape index (κ3) is 5.92. The number of amides is 1. The van der Waals surface area contributed by atoms with E-state index >= 15 is 0 Å². The van der Waals surface area contributed by atoms with Crippen molar-refractivity contribution >= 4 is 17.3 Å². The first-order chi connectivity index (χ1) is 12.7. The summed E-state index contributed by atoms with van der Waals surface area (Å²) < 4.78 is 5.18. The van der Waals surface area contributed by atoms with E-state index in [0.29, 0.717) is 36.4 Å². The molecular formula is C20H31N3O4. The molecule has 1 aromatic rings. The summed E-state index contributed by atoms with van der Waals surface area (Å²) >= 11 is 0. The topological polar surface area (TPSA) is 93.5 Å². The normalized spacial score (nSPS) is 20.1. The summed E-state index contributed by atoms with van der Waals surface area (Å²) in [4.78, 5) is 22.8. The highest BCUT2D eigenvalue weighted by molar-refractivity contribution is 5.92. The van der Waals surface area contributed by atoms with Crippen molar-refractivity contribution in [3.8, 4) is 5.75 Å². The predicted octanol–water partition coefficient (Wildman–Crippen LogP) is 4.13. The minimum Gasteiger partial charge on any atom is -0.495 e. The minimum absolute atomic E-state index is 0.0838. The number of benzene rings is 1. The molecule has 1 aliphatic rings. The van der Waals surface area contributed by atoms with Crippen LogP contribution in [0.25, 0.3) is 0 Å². The summed E-state index contributed by atoms with van der Waals surface area (Å²) in [6.45, 7) is 7.41. The Hall–Kier alpha value is -2.15. The minimum atomic E-state index is -0.494. The third-order valence-corrected chi connectivity index (χ3v) is 5.30. The highest BCUT2D eigenvalue weighted by Gasteiger charge is 2.33. The molecule has 1 fully saturated rings. The summed E-state index contributed by atoms with van der Waals surface area (Å²) in [5, 5.41) is 17.2. The van der Waals surface area contributed by atoms with Gasteiger partial charge in [-0.3, -0.25) is 14.9 Å². The number of nitrogens with zero attached hydrogens (tertiary/aromatic N) is 1. The van der Waals surface area contributed by atoms with Gasteiger partial charge < -0.3 is 15.4 Å². The molecule has 0 radical (unpaired) electrons. The second-order valence-corrected chi connectivity index (χ2v) is 8.26. The van der Waals surface area contributed by atoms with Crippen molar-refractivity contribution in [1.82, 2.24) is 5.32 Å². The van der Waals surface area contributed by atoms with Crippen LogP contribution in [0.4, 0.5) is 11.4 Å². The van der Waals surface area contributed by atoms with Crippen LogP contribution in [-0.2, 0) is 4.79 Å². The average Bonchev–Trinajstić information content (AvgIpc) is 2.61. The molecule has 2 unspecified atom stereocenters. The Balaban J connectivity index is 1.91. The second-order valence-electron chi connectivity index (χ2n) is 8.26. The lowest BCUT2D eigenvalue weighted by atomic mass is 9.69. The molecule has 0 bridgehead atoms. The molecule has 7 nitrogen and oxygen atoms in total. The number of nitrogens with one attached hydrogen (secondary N) is 2. The van der Waals surface area contributed by atoms with Gasteiger partial charge in [0.2, 0.25) is 5.91 Å². The number of carbonyl (C=O) groups excluding carboxylic acids is 1. The molecule has 1 aliphatic carbocycles. The molecule has 1 saturated carbocycles. The summed E-state index contributed by atoms with van der Waals surface area (Å²) in [7, 11) is 1.47. The van der Waals surface area contributed by atoms with Crippen LogP contribution in [0, 0.1) is 21.4 Å². The largest absolute Gasteiger partial charge is 0.495 e. The predicted molar refractivity (Wildman–Crippen MR) is 106 cm³/mol. The van der Waals surface area contributed by atoms with E-state index in [1.807, 2.05) is 0 Å². The van der Waals surface area contributed by atoms with Crippen molar-refractivity contribution < 1.29 is 14.5 Å². The molecule has 0 aliphatic heterocycles. The maximum Gasteiger partial charge on any atom is 0.271 e. The van der Waals surface area contributed by atoms with Gasteiger partial charge in [0, 0.05) is 31.1 Å². The van der Waals surface area contributed by atoms with Crippen LogP contribution >= 0.6 is 0 Å². The van der Waals surface area contributed by atoms with Crippen molar-refractivity contribution in [2.45, 2.75) is 58.9 Å². The zero-order chi connectivity index (χ0) is 20.0. The number of ether oxygens (including phenoxy) is 1. The van der Waals surface area contributed by atoms with Crippen molar-refractivity contribution in [3.63, 3.8) is 0 Å². The van der Waals surface area contributed by atoms with Gasteiger partial charge >= 0.3 is 0 Å². The van der Waals surface area contributed by atoms with E-state index in [9.17, 15) is 14.9 Å². The lowest BCUT2D eigenvalue weighted by Gasteiger charge is -2.41. The van der Waals surface area contributed by atoms with Crippen molar-refractivity contribution in [1.29, 1.82) is 0 Å².